The van der Waals surface area contributed by atoms with E-state index in [1.165, 1.54) is 96.3 Å². The molecule has 202 valence electrons. The van der Waals surface area contributed by atoms with E-state index in [-0.39, 0.29) is 11.9 Å². The van der Waals surface area contributed by atoms with Gasteiger partial charge in [-0.05, 0) is 25.2 Å². The van der Waals surface area contributed by atoms with Gasteiger partial charge >= 0.3 is 11.9 Å². The van der Waals surface area contributed by atoms with E-state index in [2.05, 4.69) is 20.8 Å². The molecule has 0 amide bonds. The topological polar surface area (TPSA) is 52.6 Å². The van der Waals surface area contributed by atoms with Crippen molar-refractivity contribution in [2.45, 2.75) is 162 Å². The lowest BCUT2D eigenvalue weighted by Gasteiger charge is -2.11. The van der Waals surface area contributed by atoms with E-state index in [0.29, 0.717) is 32.0 Å². The molecule has 0 N–H and O–H groups in total. The van der Waals surface area contributed by atoms with Crippen LogP contribution < -0.4 is 0 Å². The molecule has 0 spiro atoms. The van der Waals surface area contributed by atoms with Crippen LogP contribution in [0.25, 0.3) is 0 Å². The molecule has 0 aliphatic carbocycles. The third kappa shape index (κ3) is 25.6. The quantitative estimate of drug-likeness (QED) is 0.0910. The van der Waals surface area contributed by atoms with E-state index in [0.717, 1.165) is 32.1 Å². The Bertz CT molecular complexity index is 449. The average Bonchev–Trinajstić information content (AvgIpc) is 2.81. The summed E-state index contributed by atoms with van der Waals surface area (Å²) in [6.45, 7) is 7.80. The van der Waals surface area contributed by atoms with E-state index in [1.54, 1.807) is 0 Å². The number of hydrogen-bond acceptors (Lipinski definition) is 4. The molecule has 4 heteroatoms. The molecule has 0 heterocycles. The highest BCUT2D eigenvalue weighted by atomic mass is 16.5. The van der Waals surface area contributed by atoms with Crippen LogP contribution in [-0.2, 0) is 19.1 Å². The molecule has 0 aromatic rings. The SMILES string of the molecule is CCCCCCCCOC(=O)CCCCCCCCCC(C)CC(=O)OCCCCCCCC. The molecule has 0 aliphatic heterocycles. The fourth-order valence-electron chi connectivity index (χ4n) is 4.30. The van der Waals surface area contributed by atoms with Gasteiger partial charge in [0.15, 0.2) is 0 Å². The van der Waals surface area contributed by atoms with Gasteiger partial charge in [-0.2, -0.15) is 0 Å². The number of carbonyl (C=O) groups is 2. The molecular formula is C30H58O4. The van der Waals surface area contributed by atoms with Crippen molar-refractivity contribution in [3.05, 3.63) is 0 Å². The first-order chi connectivity index (χ1) is 16.6. The Kier molecular flexibility index (Phi) is 25.7. The highest BCUT2D eigenvalue weighted by Gasteiger charge is 2.10. The summed E-state index contributed by atoms with van der Waals surface area (Å²) in [5, 5.41) is 0. The number of esters is 2. The lowest BCUT2D eigenvalue weighted by Crippen LogP contribution is -2.10. The highest BCUT2D eigenvalue weighted by molar-refractivity contribution is 5.69. The van der Waals surface area contributed by atoms with E-state index >= 15 is 0 Å². The van der Waals surface area contributed by atoms with Crippen LogP contribution in [0.1, 0.15) is 162 Å². The van der Waals surface area contributed by atoms with Crippen molar-refractivity contribution in [1.82, 2.24) is 0 Å². The molecule has 0 aromatic carbocycles. The Morgan fingerprint density at radius 2 is 0.941 bits per heavy atom. The second-order valence-corrected chi connectivity index (χ2v) is 10.3. The van der Waals surface area contributed by atoms with Gasteiger partial charge in [0.05, 0.1) is 13.2 Å². The number of carbonyl (C=O) groups excluding carboxylic acids is 2. The average molecular weight is 483 g/mol. The van der Waals surface area contributed by atoms with Crippen LogP contribution in [0.3, 0.4) is 0 Å². The van der Waals surface area contributed by atoms with Gasteiger partial charge in [-0.3, -0.25) is 9.59 Å². The fourth-order valence-corrected chi connectivity index (χ4v) is 4.30. The second kappa shape index (κ2) is 26.5. The summed E-state index contributed by atoms with van der Waals surface area (Å²) in [7, 11) is 0. The van der Waals surface area contributed by atoms with Crippen LogP contribution in [0.15, 0.2) is 0 Å². The predicted octanol–water partition coefficient (Wildman–Crippen LogP) is 9.33. The van der Waals surface area contributed by atoms with Crippen LogP contribution >= 0.6 is 0 Å². The molecule has 0 aliphatic rings. The maximum atomic E-state index is 11.9. The largest absolute Gasteiger partial charge is 0.466 e. The highest BCUT2D eigenvalue weighted by Crippen LogP contribution is 2.16. The Morgan fingerprint density at radius 1 is 0.529 bits per heavy atom. The van der Waals surface area contributed by atoms with Crippen molar-refractivity contribution in [2.75, 3.05) is 13.2 Å². The molecule has 0 saturated carbocycles. The monoisotopic (exact) mass is 482 g/mol. The fraction of sp³-hybridized carbons (Fsp3) is 0.933. The standard InChI is InChI=1S/C30H58O4/c1-4-6-8-10-17-21-25-33-29(31)24-20-16-14-12-13-15-19-23-28(3)27-30(32)34-26-22-18-11-9-7-5-2/h28H,4-27H2,1-3H3. The number of hydrogen-bond donors (Lipinski definition) is 0. The van der Waals surface area contributed by atoms with Crippen LogP contribution in [0.2, 0.25) is 0 Å². The molecule has 0 rings (SSSR count). The first kappa shape index (κ1) is 32.9. The minimum absolute atomic E-state index is 0.0203. The lowest BCUT2D eigenvalue weighted by atomic mass is 9.99. The maximum Gasteiger partial charge on any atom is 0.306 e. The number of unbranched alkanes of at least 4 members (excludes halogenated alkanes) is 16. The van der Waals surface area contributed by atoms with Crippen molar-refractivity contribution < 1.29 is 19.1 Å². The van der Waals surface area contributed by atoms with Gasteiger partial charge in [0.2, 0.25) is 0 Å². The van der Waals surface area contributed by atoms with Gasteiger partial charge in [-0.15, -0.1) is 0 Å². The van der Waals surface area contributed by atoms with E-state index in [4.69, 9.17) is 9.47 Å². The van der Waals surface area contributed by atoms with Gasteiger partial charge in [-0.25, -0.2) is 0 Å². The molecule has 0 radical (unpaired) electrons. The van der Waals surface area contributed by atoms with Crippen molar-refractivity contribution in [3.63, 3.8) is 0 Å². The van der Waals surface area contributed by atoms with Crippen LogP contribution in [-0.4, -0.2) is 25.2 Å². The maximum absolute atomic E-state index is 11.9. The summed E-state index contributed by atoms with van der Waals surface area (Å²) < 4.78 is 10.7. The van der Waals surface area contributed by atoms with Gasteiger partial charge in [-0.1, -0.05) is 130 Å². The van der Waals surface area contributed by atoms with Gasteiger partial charge < -0.3 is 9.47 Å². The predicted molar refractivity (Wildman–Crippen MR) is 144 cm³/mol. The zero-order chi connectivity index (χ0) is 25.1. The Balaban J connectivity index is 3.36. The molecule has 0 fully saturated rings. The first-order valence-corrected chi connectivity index (χ1v) is 14.9. The summed E-state index contributed by atoms with van der Waals surface area (Å²) in [5.74, 6) is 0.374. The van der Waals surface area contributed by atoms with E-state index < -0.39 is 0 Å². The molecule has 0 saturated heterocycles. The molecule has 0 aromatic heterocycles. The lowest BCUT2D eigenvalue weighted by molar-refractivity contribution is -0.145. The summed E-state index contributed by atoms with van der Waals surface area (Å²) in [5.41, 5.74) is 0. The minimum Gasteiger partial charge on any atom is -0.466 e. The van der Waals surface area contributed by atoms with Crippen molar-refractivity contribution in [2.24, 2.45) is 5.92 Å². The first-order valence-electron chi connectivity index (χ1n) is 14.9. The Morgan fingerprint density at radius 3 is 1.47 bits per heavy atom. The summed E-state index contributed by atoms with van der Waals surface area (Å²) in [6.07, 6.45) is 25.1. The third-order valence-electron chi connectivity index (χ3n) is 6.61. The molecular weight excluding hydrogens is 424 g/mol. The molecule has 0 bridgehead atoms. The molecule has 1 unspecified atom stereocenters. The van der Waals surface area contributed by atoms with Crippen molar-refractivity contribution >= 4 is 11.9 Å². The minimum atomic E-state index is -0.0217. The number of ether oxygens (including phenoxy) is 2. The van der Waals surface area contributed by atoms with Crippen molar-refractivity contribution in [3.8, 4) is 0 Å². The molecule has 34 heavy (non-hydrogen) atoms. The van der Waals surface area contributed by atoms with Crippen LogP contribution in [0.5, 0.6) is 0 Å². The summed E-state index contributed by atoms with van der Waals surface area (Å²) >= 11 is 0. The molecule has 4 nitrogen and oxygen atoms in total. The Labute approximate surface area is 212 Å². The van der Waals surface area contributed by atoms with Crippen molar-refractivity contribution in [1.29, 1.82) is 0 Å². The van der Waals surface area contributed by atoms with Crippen LogP contribution in [0.4, 0.5) is 0 Å². The smallest absolute Gasteiger partial charge is 0.306 e. The zero-order valence-corrected chi connectivity index (χ0v) is 23.2. The van der Waals surface area contributed by atoms with Gasteiger partial charge in [0, 0.05) is 12.8 Å². The van der Waals surface area contributed by atoms with Crippen LogP contribution in [0, 0.1) is 5.92 Å². The van der Waals surface area contributed by atoms with E-state index in [9.17, 15) is 9.59 Å². The van der Waals surface area contributed by atoms with Gasteiger partial charge in [0.1, 0.15) is 0 Å². The Hall–Kier alpha value is -1.06. The normalized spacial score (nSPS) is 12.0. The zero-order valence-electron chi connectivity index (χ0n) is 23.2. The summed E-state index contributed by atoms with van der Waals surface area (Å²) in [6, 6.07) is 0. The summed E-state index contributed by atoms with van der Waals surface area (Å²) in [4.78, 5) is 23.7. The van der Waals surface area contributed by atoms with Gasteiger partial charge in [0.25, 0.3) is 0 Å². The van der Waals surface area contributed by atoms with E-state index in [1.807, 2.05) is 0 Å². The molecule has 1 atom stereocenters. The third-order valence-corrected chi connectivity index (χ3v) is 6.61. The second-order valence-electron chi connectivity index (χ2n) is 10.3. The number of rotatable bonds is 26.